The van der Waals surface area contributed by atoms with Crippen LogP contribution in [0.4, 0.5) is 0 Å². The fourth-order valence-corrected chi connectivity index (χ4v) is 7.02. The van der Waals surface area contributed by atoms with Gasteiger partial charge in [-0.1, -0.05) is 140 Å². The van der Waals surface area contributed by atoms with Gasteiger partial charge in [0.15, 0.2) is 0 Å². The molecule has 0 aliphatic heterocycles. The van der Waals surface area contributed by atoms with E-state index < -0.39 is 0 Å². The highest BCUT2D eigenvalue weighted by Crippen LogP contribution is 2.40. The minimum atomic E-state index is 1.23. The van der Waals surface area contributed by atoms with Crippen LogP contribution >= 0.6 is 0 Å². The zero-order chi connectivity index (χ0) is 29.0. The van der Waals surface area contributed by atoms with E-state index in [9.17, 15) is 0 Å². The molecule has 0 radical (unpaired) electrons. The average Bonchev–Trinajstić information content (AvgIpc) is 3.11. The molecule has 0 nitrogen and oxygen atoms in total. The molecule has 0 atom stereocenters. The third-order valence-electron chi connectivity index (χ3n) is 9.20. The minimum Gasteiger partial charge on any atom is -0.0622 e. The van der Waals surface area contributed by atoms with Crippen molar-refractivity contribution < 1.29 is 0 Å². The van der Waals surface area contributed by atoms with Gasteiger partial charge in [0.1, 0.15) is 0 Å². The molecule has 0 amide bonds. The molecule has 0 bridgehead atoms. The van der Waals surface area contributed by atoms with E-state index >= 15 is 0 Å². The summed E-state index contributed by atoms with van der Waals surface area (Å²) in [6.45, 7) is 0. The summed E-state index contributed by atoms with van der Waals surface area (Å²) in [5, 5.41) is 12.9. The van der Waals surface area contributed by atoms with Crippen molar-refractivity contribution in [3.63, 3.8) is 0 Å². The quantitative estimate of drug-likeness (QED) is 0.190. The molecule has 0 saturated carbocycles. The van der Waals surface area contributed by atoms with E-state index in [0.29, 0.717) is 0 Å². The van der Waals surface area contributed by atoms with Crippen molar-refractivity contribution in [2.45, 2.75) is 0 Å². The molecule has 0 aliphatic carbocycles. The monoisotopic (exact) mass is 556 g/mol. The van der Waals surface area contributed by atoms with Crippen LogP contribution in [0, 0.1) is 0 Å². The average molecular weight is 557 g/mol. The van der Waals surface area contributed by atoms with Gasteiger partial charge in [-0.25, -0.2) is 0 Å². The Morgan fingerprint density at radius 1 is 0.205 bits per heavy atom. The highest BCUT2D eigenvalue weighted by molar-refractivity contribution is 6.25. The molecule has 204 valence electrons. The van der Waals surface area contributed by atoms with Crippen molar-refractivity contribution >= 4 is 53.9 Å². The first-order valence-electron chi connectivity index (χ1n) is 15.3. The van der Waals surface area contributed by atoms with Gasteiger partial charge in [0.25, 0.3) is 0 Å². The third kappa shape index (κ3) is 4.00. The predicted octanol–water partition coefficient (Wildman–Crippen LogP) is 12.5. The second-order valence-electron chi connectivity index (χ2n) is 11.7. The van der Waals surface area contributed by atoms with Crippen molar-refractivity contribution in [1.82, 2.24) is 0 Å². The highest BCUT2D eigenvalue weighted by Gasteiger charge is 2.13. The second kappa shape index (κ2) is 9.93. The van der Waals surface area contributed by atoms with Crippen LogP contribution in [0.2, 0.25) is 0 Å². The molecule has 9 aromatic carbocycles. The van der Waals surface area contributed by atoms with Crippen LogP contribution in [0.15, 0.2) is 170 Å². The van der Waals surface area contributed by atoms with Gasteiger partial charge in [-0.05, 0) is 118 Å². The van der Waals surface area contributed by atoms with E-state index in [-0.39, 0.29) is 0 Å². The van der Waals surface area contributed by atoms with Gasteiger partial charge in [-0.15, -0.1) is 0 Å². The fraction of sp³-hybridized carbons (Fsp3) is 0. The van der Waals surface area contributed by atoms with E-state index in [1.165, 1.54) is 87.2 Å². The van der Waals surface area contributed by atoms with Crippen LogP contribution in [0.3, 0.4) is 0 Å². The first-order chi connectivity index (χ1) is 21.8. The molecule has 0 unspecified atom stereocenters. The minimum absolute atomic E-state index is 1.23. The SMILES string of the molecule is c1ccc(-c2cc(-c3ccc4ccccc4c3)cc3ccc(-c4ccc5c6ccccc6c6ccccc6c5c4)cc23)cc1. The lowest BCUT2D eigenvalue weighted by atomic mass is 9.89. The fourth-order valence-electron chi connectivity index (χ4n) is 7.02. The molecule has 44 heavy (non-hydrogen) atoms. The number of hydrogen-bond donors (Lipinski definition) is 0. The Bertz CT molecular complexity index is 2500. The van der Waals surface area contributed by atoms with Crippen LogP contribution < -0.4 is 0 Å². The van der Waals surface area contributed by atoms with Crippen LogP contribution in [-0.2, 0) is 0 Å². The van der Waals surface area contributed by atoms with Crippen LogP contribution in [0.5, 0.6) is 0 Å². The van der Waals surface area contributed by atoms with Gasteiger partial charge in [-0.2, -0.15) is 0 Å². The maximum atomic E-state index is 2.39. The molecule has 0 N–H and O–H groups in total. The molecule has 9 rings (SSSR count). The van der Waals surface area contributed by atoms with Crippen molar-refractivity contribution in [1.29, 1.82) is 0 Å². The zero-order valence-corrected chi connectivity index (χ0v) is 24.2. The molecule has 0 spiro atoms. The summed E-state index contributed by atoms with van der Waals surface area (Å²) in [4.78, 5) is 0. The van der Waals surface area contributed by atoms with Gasteiger partial charge >= 0.3 is 0 Å². The predicted molar refractivity (Wildman–Crippen MR) is 190 cm³/mol. The number of hydrogen-bond acceptors (Lipinski definition) is 0. The van der Waals surface area contributed by atoms with Crippen molar-refractivity contribution in [2.24, 2.45) is 0 Å². The molecular weight excluding hydrogens is 528 g/mol. The van der Waals surface area contributed by atoms with Crippen molar-refractivity contribution in [3.8, 4) is 33.4 Å². The Morgan fingerprint density at radius 2 is 0.682 bits per heavy atom. The number of rotatable bonds is 3. The van der Waals surface area contributed by atoms with Gasteiger partial charge in [0, 0.05) is 0 Å². The summed E-state index contributed by atoms with van der Waals surface area (Å²) >= 11 is 0. The maximum Gasteiger partial charge on any atom is -0.00928 e. The Morgan fingerprint density at radius 3 is 1.39 bits per heavy atom. The molecule has 0 fully saturated rings. The Labute approximate surface area is 256 Å². The van der Waals surface area contributed by atoms with Crippen LogP contribution in [0.1, 0.15) is 0 Å². The third-order valence-corrected chi connectivity index (χ3v) is 9.20. The summed E-state index contributed by atoms with van der Waals surface area (Å²) in [7, 11) is 0. The summed E-state index contributed by atoms with van der Waals surface area (Å²) in [6.07, 6.45) is 0. The Kier molecular flexibility index (Phi) is 5.61. The van der Waals surface area contributed by atoms with Crippen molar-refractivity contribution in [2.75, 3.05) is 0 Å². The summed E-state index contributed by atoms with van der Waals surface area (Å²) in [6, 6.07) is 62.4. The molecule has 0 heteroatoms. The normalized spacial score (nSPS) is 11.6. The van der Waals surface area contributed by atoms with E-state index in [4.69, 9.17) is 0 Å². The van der Waals surface area contributed by atoms with E-state index in [1.807, 2.05) is 0 Å². The van der Waals surface area contributed by atoms with E-state index in [1.54, 1.807) is 0 Å². The topological polar surface area (TPSA) is 0 Å². The first kappa shape index (κ1) is 24.8. The van der Waals surface area contributed by atoms with Gasteiger partial charge in [-0.3, -0.25) is 0 Å². The van der Waals surface area contributed by atoms with Gasteiger partial charge < -0.3 is 0 Å². The van der Waals surface area contributed by atoms with Gasteiger partial charge in [0.05, 0.1) is 0 Å². The number of benzene rings is 9. The molecule has 0 aromatic heterocycles. The molecule has 0 saturated heterocycles. The Balaban J connectivity index is 1.26. The maximum absolute atomic E-state index is 2.39. The van der Waals surface area contributed by atoms with E-state index in [2.05, 4.69) is 170 Å². The second-order valence-corrected chi connectivity index (χ2v) is 11.7. The lowest BCUT2D eigenvalue weighted by Crippen LogP contribution is -1.88. The standard InChI is InChI=1S/C44H28/c1-2-11-30(12-3-1)42-28-36(32-19-18-29-10-4-5-13-31(29)24-32)25-35-21-20-33(26-43(35)42)34-22-23-41-39-16-7-6-14-37(39)38-15-8-9-17-40(38)44(41)27-34/h1-28H. The lowest BCUT2D eigenvalue weighted by molar-refractivity contribution is 1.62. The van der Waals surface area contributed by atoms with Crippen LogP contribution in [-0.4, -0.2) is 0 Å². The summed E-state index contributed by atoms with van der Waals surface area (Å²) < 4.78 is 0. The first-order valence-corrected chi connectivity index (χ1v) is 15.3. The molecule has 0 aliphatic rings. The lowest BCUT2D eigenvalue weighted by Gasteiger charge is -2.15. The largest absolute Gasteiger partial charge is 0.0622 e. The molecule has 9 aromatic rings. The highest BCUT2D eigenvalue weighted by atomic mass is 14.2. The summed E-state index contributed by atoms with van der Waals surface area (Å²) in [5.41, 5.74) is 7.42. The molecular formula is C44H28. The zero-order valence-electron chi connectivity index (χ0n) is 24.2. The van der Waals surface area contributed by atoms with Gasteiger partial charge in [0.2, 0.25) is 0 Å². The van der Waals surface area contributed by atoms with E-state index in [0.717, 1.165) is 0 Å². The van der Waals surface area contributed by atoms with Crippen LogP contribution in [0.25, 0.3) is 87.2 Å². The number of fused-ring (bicyclic) bond motifs is 8. The smallest absolute Gasteiger partial charge is 0.00928 e. The van der Waals surface area contributed by atoms with Crippen molar-refractivity contribution in [3.05, 3.63) is 170 Å². The summed E-state index contributed by atoms with van der Waals surface area (Å²) in [5.74, 6) is 0. The Hall–Kier alpha value is -5.72. The molecule has 0 heterocycles.